The van der Waals surface area contributed by atoms with Crippen molar-refractivity contribution in [3.05, 3.63) is 46.9 Å². The van der Waals surface area contributed by atoms with E-state index in [1.165, 1.54) is 0 Å². The third-order valence-corrected chi connectivity index (χ3v) is 3.68. The van der Waals surface area contributed by atoms with Crippen LogP contribution in [0.15, 0.2) is 29.4 Å². The number of amides is 2. The van der Waals surface area contributed by atoms with Gasteiger partial charge < -0.3 is 21.0 Å². The molecule has 4 N–H and O–H groups in total. The molecule has 0 aliphatic heterocycles. The lowest BCUT2D eigenvalue weighted by molar-refractivity contribution is -0.138. The number of hydrogen-bond donors (Lipinski definition) is 3. The largest absolute Gasteiger partial charge is 0.480 e. The van der Waals surface area contributed by atoms with Crippen LogP contribution in [0.2, 0.25) is 0 Å². The van der Waals surface area contributed by atoms with E-state index in [1.54, 1.807) is 30.3 Å². The Hall–Kier alpha value is -4.33. The molecule has 0 saturated carbocycles. The Balaban J connectivity index is 1.96. The van der Waals surface area contributed by atoms with Crippen molar-refractivity contribution >= 4 is 23.5 Å². The first-order valence-electron chi connectivity index (χ1n) is 7.83. The van der Waals surface area contributed by atoms with Crippen molar-refractivity contribution in [2.45, 2.75) is 0 Å². The Morgan fingerprint density at radius 3 is 2.57 bits per heavy atom. The minimum Gasteiger partial charge on any atom is -0.480 e. The second kappa shape index (κ2) is 7.50. The molecule has 0 spiro atoms. The van der Waals surface area contributed by atoms with Crippen molar-refractivity contribution in [3.63, 3.8) is 0 Å². The molecule has 11 heteroatoms. The number of nitrogens with two attached hydrogens (primary N) is 1. The van der Waals surface area contributed by atoms with Gasteiger partial charge in [0.2, 0.25) is 0 Å². The average Bonchev–Trinajstić information content (AvgIpc) is 2.98. The highest BCUT2D eigenvalue weighted by molar-refractivity contribution is 6.22. The minimum atomic E-state index is -1.19. The zero-order chi connectivity index (χ0) is 20.3. The number of hydrogen-bond acceptors (Lipinski definition) is 8. The number of fused-ring (bicyclic) bond motifs is 3. The number of carbonyl (C=O) groups is 3. The van der Waals surface area contributed by atoms with E-state index in [4.69, 9.17) is 15.7 Å². The molecule has 1 aliphatic rings. The van der Waals surface area contributed by atoms with Gasteiger partial charge in [0, 0.05) is 11.1 Å². The molecule has 1 aromatic heterocycles. The van der Waals surface area contributed by atoms with Gasteiger partial charge in [0.25, 0.3) is 11.8 Å². The summed E-state index contributed by atoms with van der Waals surface area (Å²) in [4.78, 5) is 46.9. The maximum absolute atomic E-state index is 11.6. The average molecular weight is 380 g/mol. The van der Waals surface area contributed by atoms with E-state index < -0.39 is 30.9 Å². The molecule has 1 heterocycles. The summed E-state index contributed by atoms with van der Waals surface area (Å²) in [6.07, 6.45) is 0. The highest BCUT2D eigenvalue weighted by Crippen LogP contribution is 2.35. The number of nitrogens with one attached hydrogen (secondary N) is 1. The van der Waals surface area contributed by atoms with E-state index in [0.29, 0.717) is 16.8 Å². The Labute approximate surface area is 157 Å². The number of primary amides is 1. The minimum absolute atomic E-state index is 0.202. The summed E-state index contributed by atoms with van der Waals surface area (Å²) in [6, 6.07) is 8.68. The predicted octanol–water partition coefficient (Wildman–Crippen LogP) is -0.603. The van der Waals surface area contributed by atoms with Gasteiger partial charge in [-0.05, 0) is 0 Å². The second-order valence-electron chi connectivity index (χ2n) is 5.52. The van der Waals surface area contributed by atoms with Gasteiger partial charge in [-0.15, -0.1) is 0 Å². The molecule has 1 aromatic carbocycles. The molecular weight excluding hydrogens is 368 g/mol. The normalized spacial score (nSPS) is 12.6. The molecule has 3 rings (SSSR count). The molecule has 0 fully saturated rings. The van der Waals surface area contributed by atoms with Crippen molar-refractivity contribution in [3.8, 4) is 17.3 Å². The number of carboxylic acids is 1. The standard InChI is InChI=1S/C17H12N6O5/c18-5-10-15(17(19)27)22-13-8-3-1-2-4-9(8)14(16(13)21-10)23-28-7-11(24)20-6-12(25)26/h1-4H,6-7H2,(H2,19,27)(H,20,24)(H,25,26)/b23-14+. The lowest BCUT2D eigenvalue weighted by Gasteiger charge is -2.04. The zero-order valence-electron chi connectivity index (χ0n) is 14.2. The lowest BCUT2D eigenvalue weighted by Crippen LogP contribution is -2.31. The molecule has 0 atom stereocenters. The van der Waals surface area contributed by atoms with Crippen molar-refractivity contribution in [1.82, 2.24) is 15.3 Å². The van der Waals surface area contributed by atoms with Crippen LogP contribution in [-0.2, 0) is 14.4 Å². The second-order valence-corrected chi connectivity index (χ2v) is 5.52. The molecular formula is C17H12N6O5. The molecule has 0 bridgehead atoms. The molecule has 2 amide bonds. The van der Waals surface area contributed by atoms with Gasteiger partial charge in [-0.2, -0.15) is 5.26 Å². The van der Waals surface area contributed by atoms with Gasteiger partial charge in [-0.3, -0.25) is 14.4 Å². The monoisotopic (exact) mass is 380 g/mol. The number of nitriles is 1. The van der Waals surface area contributed by atoms with Crippen LogP contribution < -0.4 is 11.1 Å². The van der Waals surface area contributed by atoms with Crippen LogP contribution in [0, 0.1) is 11.3 Å². The smallest absolute Gasteiger partial charge is 0.322 e. The topological polar surface area (TPSA) is 181 Å². The maximum Gasteiger partial charge on any atom is 0.322 e. The number of oxime groups is 1. The van der Waals surface area contributed by atoms with E-state index in [9.17, 15) is 19.6 Å². The van der Waals surface area contributed by atoms with E-state index in [0.717, 1.165) is 0 Å². The van der Waals surface area contributed by atoms with Crippen molar-refractivity contribution in [2.24, 2.45) is 10.9 Å². The molecule has 0 unspecified atom stereocenters. The molecule has 2 aromatic rings. The highest BCUT2D eigenvalue weighted by atomic mass is 16.6. The first kappa shape index (κ1) is 18.5. The van der Waals surface area contributed by atoms with Gasteiger partial charge in [0.15, 0.2) is 18.0 Å². The van der Waals surface area contributed by atoms with E-state index in [-0.39, 0.29) is 22.8 Å². The van der Waals surface area contributed by atoms with Crippen molar-refractivity contribution in [2.75, 3.05) is 13.2 Å². The third kappa shape index (κ3) is 3.47. The molecule has 0 saturated heterocycles. The summed E-state index contributed by atoms with van der Waals surface area (Å²) in [5, 5.41) is 23.8. The fourth-order valence-electron chi connectivity index (χ4n) is 2.53. The number of aromatic nitrogens is 2. The maximum atomic E-state index is 11.6. The fourth-order valence-corrected chi connectivity index (χ4v) is 2.53. The number of benzene rings is 1. The molecule has 1 aliphatic carbocycles. The zero-order valence-corrected chi connectivity index (χ0v) is 14.2. The third-order valence-electron chi connectivity index (χ3n) is 3.68. The molecule has 140 valence electrons. The predicted molar refractivity (Wildman–Crippen MR) is 92.9 cm³/mol. The first-order valence-corrected chi connectivity index (χ1v) is 7.83. The highest BCUT2D eigenvalue weighted by Gasteiger charge is 2.31. The Morgan fingerprint density at radius 2 is 1.93 bits per heavy atom. The summed E-state index contributed by atoms with van der Waals surface area (Å²) in [5.41, 5.74) is 6.66. The van der Waals surface area contributed by atoms with Gasteiger partial charge in [0.1, 0.15) is 29.7 Å². The number of carbonyl (C=O) groups excluding carboxylic acids is 2. The Bertz CT molecular complexity index is 1070. The SMILES string of the molecule is N#Cc1nc2c(nc1C(N)=O)-c1ccccc1/C2=N\OCC(=O)NCC(=O)O. The summed E-state index contributed by atoms with van der Waals surface area (Å²) in [6.45, 7) is -1.07. The lowest BCUT2D eigenvalue weighted by atomic mass is 10.1. The van der Waals surface area contributed by atoms with Crippen LogP contribution in [0.3, 0.4) is 0 Å². The van der Waals surface area contributed by atoms with Gasteiger partial charge in [0.05, 0.1) is 0 Å². The van der Waals surface area contributed by atoms with E-state index in [2.05, 4.69) is 20.4 Å². The first-order chi connectivity index (χ1) is 13.4. The van der Waals surface area contributed by atoms with Gasteiger partial charge in [-0.1, -0.05) is 29.4 Å². The molecule has 11 nitrogen and oxygen atoms in total. The number of aliphatic carboxylic acids is 1. The van der Waals surface area contributed by atoms with Crippen LogP contribution in [-0.4, -0.2) is 51.7 Å². The number of carboxylic acid groups (broad SMARTS) is 1. The quantitative estimate of drug-likeness (QED) is 0.474. The Kier molecular flexibility index (Phi) is 4.95. The number of rotatable bonds is 6. The van der Waals surface area contributed by atoms with Crippen molar-refractivity contribution < 1.29 is 24.3 Å². The van der Waals surface area contributed by atoms with Crippen LogP contribution in [0.1, 0.15) is 27.4 Å². The summed E-state index contributed by atoms with van der Waals surface area (Å²) in [5.74, 6) is -2.75. The van der Waals surface area contributed by atoms with Crippen LogP contribution in [0.5, 0.6) is 0 Å². The summed E-state index contributed by atoms with van der Waals surface area (Å²) in [7, 11) is 0. The van der Waals surface area contributed by atoms with Crippen LogP contribution >= 0.6 is 0 Å². The van der Waals surface area contributed by atoms with E-state index >= 15 is 0 Å². The van der Waals surface area contributed by atoms with Gasteiger partial charge >= 0.3 is 5.97 Å². The molecule has 0 radical (unpaired) electrons. The van der Waals surface area contributed by atoms with E-state index in [1.807, 2.05) is 0 Å². The fraction of sp³-hybridized carbons (Fsp3) is 0.118. The Morgan fingerprint density at radius 1 is 1.21 bits per heavy atom. The molecule has 28 heavy (non-hydrogen) atoms. The van der Waals surface area contributed by atoms with Crippen molar-refractivity contribution in [1.29, 1.82) is 5.26 Å². The summed E-state index contributed by atoms with van der Waals surface area (Å²) >= 11 is 0. The van der Waals surface area contributed by atoms with Gasteiger partial charge in [-0.25, -0.2) is 9.97 Å². The van der Waals surface area contributed by atoms with Crippen LogP contribution in [0.4, 0.5) is 0 Å². The summed E-state index contributed by atoms with van der Waals surface area (Å²) < 4.78 is 0. The number of nitrogens with zero attached hydrogens (tertiary/aromatic N) is 4. The van der Waals surface area contributed by atoms with Crippen LogP contribution in [0.25, 0.3) is 11.3 Å².